The Kier molecular flexibility index (Phi) is 7.36. The van der Waals surface area contributed by atoms with Gasteiger partial charge >= 0.3 is 0 Å². The van der Waals surface area contributed by atoms with Crippen LogP contribution in [0.3, 0.4) is 0 Å². The number of fused-ring (bicyclic) bond motifs is 1. The van der Waals surface area contributed by atoms with Crippen molar-refractivity contribution in [1.29, 1.82) is 5.26 Å². The monoisotopic (exact) mass is 597 g/mol. The SMILES string of the molecule is Cc1cc(C#N)nc(N2CCN(S(=O)(=O)c3ccc4c(c3)CCN4C(=O)c3ccnnc3N(C)S(C)(=O)=O)CC2)n1. The molecule has 1 amide bonds. The van der Waals surface area contributed by atoms with Crippen LogP contribution in [0.5, 0.6) is 0 Å². The van der Waals surface area contributed by atoms with E-state index >= 15 is 0 Å². The molecule has 5 rings (SSSR count). The molecule has 41 heavy (non-hydrogen) atoms. The molecular weight excluding hydrogens is 570 g/mol. The number of hydrogen-bond donors (Lipinski definition) is 0. The van der Waals surface area contributed by atoms with Gasteiger partial charge in [0, 0.05) is 51.2 Å². The fourth-order valence-electron chi connectivity index (χ4n) is 4.80. The lowest BCUT2D eigenvalue weighted by atomic mass is 10.1. The van der Waals surface area contributed by atoms with Crippen LogP contribution in [-0.4, -0.2) is 93.2 Å². The summed E-state index contributed by atoms with van der Waals surface area (Å²) in [5, 5.41) is 16.8. The number of rotatable bonds is 6. The summed E-state index contributed by atoms with van der Waals surface area (Å²) in [6.45, 7) is 3.23. The lowest BCUT2D eigenvalue weighted by Crippen LogP contribution is -2.49. The van der Waals surface area contributed by atoms with Crippen molar-refractivity contribution in [2.24, 2.45) is 0 Å². The second-order valence-corrected chi connectivity index (χ2v) is 13.6. The summed E-state index contributed by atoms with van der Waals surface area (Å²) in [4.78, 5) is 25.6. The number of hydrogen-bond acceptors (Lipinski definition) is 11. The van der Waals surface area contributed by atoms with Crippen LogP contribution in [0.2, 0.25) is 0 Å². The predicted molar refractivity (Wildman–Crippen MR) is 150 cm³/mol. The molecule has 0 saturated carbocycles. The lowest BCUT2D eigenvalue weighted by Gasteiger charge is -2.34. The zero-order valence-corrected chi connectivity index (χ0v) is 24.2. The van der Waals surface area contributed by atoms with Crippen LogP contribution < -0.4 is 14.1 Å². The number of aryl methyl sites for hydroxylation is 1. The average molecular weight is 598 g/mol. The van der Waals surface area contributed by atoms with E-state index in [2.05, 4.69) is 20.2 Å². The first-order valence-corrected chi connectivity index (χ1v) is 15.9. The maximum atomic E-state index is 13.5. The first-order valence-electron chi connectivity index (χ1n) is 12.6. The van der Waals surface area contributed by atoms with Crippen LogP contribution in [-0.2, 0) is 26.5 Å². The van der Waals surface area contributed by atoms with Crippen LogP contribution in [0, 0.1) is 18.3 Å². The molecule has 14 nitrogen and oxygen atoms in total. The smallest absolute Gasteiger partial charge is 0.262 e. The van der Waals surface area contributed by atoms with E-state index in [4.69, 9.17) is 0 Å². The molecule has 2 aliphatic rings. The molecule has 0 radical (unpaired) electrons. The van der Waals surface area contributed by atoms with Gasteiger partial charge in [-0.25, -0.2) is 26.8 Å². The van der Waals surface area contributed by atoms with Crippen molar-refractivity contribution in [3.63, 3.8) is 0 Å². The maximum Gasteiger partial charge on any atom is 0.262 e. The molecule has 4 heterocycles. The number of benzene rings is 1. The number of carbonyl (C=O) groups excluding carboxylic acids is 1. The molecule has 0 N–H and O–H groups in total. The summed E-state index contributed by atoms with van der Waals surface area (Å²) in [5.74, 6) is -0.156. The number of anilines is 3. The number of piperazine rings is 1. The Morgan fingerprint density at radius 3 is 2.44 bits per heavy atom. The Hall–Kier alpha value is -4.20. The van der Waals surface area contributed by atoms with Crippen molar-refractivity contribution < 1.29 is 21.6 Å². The molecular formula is C25H27N9O5S2. The van der Waals surface area contributed by atoms with E-state index in [1.807, 2.05) is 11.0 Å². The highest BCUT2D eigenvalue weighted by molar-refractivity contribution is 7.92. The minimum absolute atomic E-state index is 0.0647. The minimum Gasteiger partial charge on any atom is -0.338 e. The average Bonchev–Trinajstić information content (AvgIpc) is 3.39. The molecule has 3 aromatic rings. The van der Waals surface area contributed by atoms with Gasteiger partial charge in [-0.15, -0.1) is 5.10 Å². The molecule has 0 atom stereocenters. The van der Waals surface area contributed by atoms with Gasteiger partial charge in [0.25, 0.3) is 5.91 Å². The van der Waals surface area contributed by atoms with Gasteiger partial charge < -0.3 is 9.80 Å². The van der Waals surface area contributed by atoms with Gasteiger partial charge in [0.05, 0.1) is 22.9 Å². The third kappa shape index (κ3) is 5.43. The molecule has 1 fully saturated rings. The number of sulfonamides is 2. The van der Waals surface area contributed by atoms with Crippen LogP contribution >= 0.6 is 0 Å². The van der Waals surface area contributed by atoms with Crippen LogP contribution in [0.15, 0.2) is 41.4 Å². The third-order valence-electron chi connectivity index (χ3n) is 7.04. The van der Waals surface area contributed by atoms with Crippen LogP contribution in [0.1, 0.15) is 27.3 Å². The van der Waals surface area contributed by atoms with Gasteiger partial charge in [-0.3, -0.25) is 9.10 Å². The Balaban J connectivity index is 1.34. The van der Waals surface area contributed by atoms with Gasteiger partial charge in [-0.05, 0) is 49.2 Å². The van der Waals surface area contributed by atoms with Gasteiger partial charge in [-0.1, -0.05) is 0 Å². The quantitative estimate of drug-likeness (QED) is 0.388. The summed E-state index contributed by atoms with van der Waals surface area (Å²) in [6.07, 6.45) is 2.75. The summed E-state index contributed by atoms with van der Waals surface area (Å²) in [5.41, 5.74) is 2.22. The molecule has 0 aliphatic carbocycles. The molecule has 0 bridgehead atoms. The normalized spacial score (nSPS) is 15.9. The van der Waals surface area contributed by atoms with Crippen molar-refractivity contribution in [3.8, 4) is 6.07 Å². The molecule has 0 spiro atoms. The van der Waals surface area contributed by atoms with E-state index in [9.17, 15) is 26.9 Å². The fourth-order valence-corrected chi connectivity index (χ4v) is 6.73. The van der Waals surface area contributed by atoms with Crippen molar-refractivity contribution in [3.05, 3.63) is 59.0 Å². The van der Waals surface area contributed by atoms with Crippen LogP contribution in [0.4, 0.5) is 17.5 Å². The van der Waals surface area contributed by atoms with E-state index in [-0.39, 0.29) is 35.1 Å². The summed E-state index contributed by atoms with van der Waals surface area (Å²) in [7, 11) is -6.21. The summed E-state index contributed by atoms with van der Waals surface area (Å²) < 4.78 is 53.5. The Bertz CT molecular complexity index is 1780. The molecule has 0 unspecified atom stereocenters. The van der Waals surface area contributed by atoms with E-state index in [1.165, 1.54) is 34.6 Å². The summed E-state index contributed by atoms with van der Waals surface area (Å²) >= 11 is 0. The largest absolute Gasteiger partial charge is 0.338 e. The molecule has 2 aliphatic heterocycles. The predicted octanol–water partition coefficient (Wildman–Crippen LogP) is 0.556. The first-order chi connectivity index (χ1) is 19.4. The number of aromatic nitrogens is 4. The standard InChI is InChI=1S/C25H27N9O5S2/c1-17-14-19(16-26)29-25(28-17)32-10-12-33(13-11-32)41(38,39)20-4-5-22-18(15-20)7-9-34(22)24(35)21-6-8-27-30-23(21)31(2)40(3,36)37/h4-6,8,14-15H,7,9-13H2,1-3H3. The second kappa shape index (κ2) is 10.7. The van der Waals surface area contributed by atoms with E-state index < -0.39 is 26.0 Å². The van der Waals surface area contributed by atoms with Gasteiger partial charge in [0.2, 0.25) is 26.0 Å². The summed E-state index contributed by atoms with van der Waals surface area (Å²) in [6, 6.07) is 9.67. The zero-order chi connectivity index (χ0) is 29.5. The Morgan fingerprint density at radius 1 is 1.02 bits per heavy atom. The van der Waals surface area contributed by atoms with Crippen LogP contribution in [0.25, 0.3) is 0 Å². The molecule has 1 aromatic carbocycles. The lowest BCUT2D eigenvalue weighted by molar-refractivity contribution is 0.0989. The molecule has 1 saturated heterocycles. The Labute approximate surface area is 238 Å². The first kappa shape index (κ1) is 28.3. The minimum atomic E-state index is -3.82. The molecule has 214 valence electrons. The second-order valence-electron chi connectivity index (χ2n) is 9.69. The number of carbonyl (C=O) groups is 1. The van der Waals surface area contributed by atoms with Gasteiger partial charge in [0.1, 0.15) is 11.8 Å². The topological polar surface area (TPSA) is 174 Å². The van der Waals surface area contributed by atoms with E-state index in [1.54, 1.807) is 25.1 Å². The molecule has 2 aromatic heterocycles. The van der Waals surface area contributed by atoms with Gasteiger partial charge in [0.15, 0.2) is 5.82 Å². The Morgan fingerprint density at radius 2 is 1.76 bits per heavy atom. The van der Waals surface area contributed by atoms with E-state index in [0.29, 0.717) is 48.9 Å². The number of amides is 1. The van der Waals surface area contributed by atoms with Crippen molar-refractivity contribution in [2.45, 2.75) is 18.2 Å². The number of nitrogens with zero attached hydrogens (tertiary/aromatic N) is 9. The van der Waals surface area contributed by atoms with Crippen molar-refractivity contribution in [2.75, 3.05) is 60.1 Å². The highest BCUT2D eigenvalue weighted by Crippen LogP contribution is 2.33. The third-order valence-corrected chi connectivity index (χ3v) is 10.1. The molecule has 16 heteroatoms. The zero-order valence-electron chi connectivity index (χ0n) is 22.6. The van der Waals surface area contributed by atoms with Crippen molar-refractivity contribution >= 4 is 43.4 Å². The van der Waals surface area contributed by atoms with E-state index in [0.717, 1.165) is 10.6 Å². The highest BCUT2D eigenvalue weighted by atomic mass is 32.2. The van der Waals surface area contributed by atoms with Crippen molar-refractivity contribution in [1.82, 2.24) is 24.5 Å². The number of nitriles is 1. The highest BCUT2D eigenvalue weighted by Gasteiger charge is 2.33. The maximum absolute atomic E-state index is 13.5. The fraction of sp³-hybridized carbons (Fsp3) is 0.360. The van der Waals surface area contributed by atoms with Gasteiger partial charge in [-0.2, -0.15) is 14.7 Å².